The fourth-order valence-corrected chi connectivity index (χ4v) is 2.86. The maximum atomic E-state index is 11.8. The van der Waals surface area contributed by atoms with Crippen molar-refractivity contribution in [3.63, 3.8) is 0 Å². The van der Waals surface area contributed by atoms with Gasteiger partial charge in [-0.05, 0) is 39.5 Å². The highest BCUT2D eigenvalue weighted by Gasteiger charge is 2.40. The van der Waals surface area contributed by atoms with Crippen LogP contribution in [0.1, 0.15) is 39.5 Å². The Morgan fingerprint density at radius 2 is 2.07 bits per heavy atom. The van der Waals surface area contributed by atoms with Crippen molar-refractivity contribution in [2.24, 2.45) is 0 Å². The summed E-state index contributed by atoms with van der Waals surface area (Å²) in [4.78, 5) is 13.9. The number of carbonyl (C=O) groups is 1. The van der Waals surface area contributed by atoms with Gasteiger partial charge >= 0.3 is 6.03 Å². The second-order valence-electron chi connectivity index (χ2n) is 4.48. The van der Waals surface area contributed by atoms with E-state index in [2.05, 4.69) is 23.2 Å². The molecule has 2 aliphatic rings. The molecule has 2 bridgehead atoms. The molecule has 15 heavy (non-hydrogen) atoms. The van der Waals surface area contributed by atoms with Crippen molar-refractivity contribution in [3.8, 4) is 0 Å². The van der Waals surface area contributed by atoms with E-state index in [-0.39, 0.29) is 6.03 Å². The number of nitrogens with zero attached hydrogens (tertiary/aromatic N) is 1. The highest BCUT2D eigenvalue weighted by molar-refractivity contribution is 5.75. The van der Waals surface area contributed by atoms with Gasteiger partial charge in [-0.2, -0.15) is 0 Å². The number of rotatable bonds is 1. The average molecular weight is 208 g/mol. The molecule has 0 aromatic carbocycles. The lowest BCUT2D eigenvalue weighted by atomic mass is 9.97. The van der Waals surface area contributed by atoms with Crippen LogP contribution in [0.5, 0.6) is 0 Å². The summed E-state index contributed by atoms with van der Waals surface area (Å²) >= 11 is 0. The molecule has 2 aliphatic heterocycles. The summed E-state index contributed by atoms with van der Waals surface area (Å²) in [7, 11) is 0. The van der Waals surface area contributed by atoms with Crippen molar-refractivity contribution >= 4 is 6.03 Å². The van der Waals surface area contributed by atoms with Crippen LogP contribution >= 0.6 is 0 Å². The lowest BCUT2D eigenvalue weighted by molar-refractivity contribution is 0.161. The van der Waals surface area contributed by atoms with Crippen LogP contribution in [-0.4, -0.2) is 29.6 Å². The average Bonchev–Trinajstić information content (AvgIpc) is 2.50. The first-order chi connectivity index (χ1) is 7.26. The monoisotopic (exact) mass is 208 g/mol. The van der Waals surface area contributed by atoms with Crippen LogP contribution < -0.4 is 5.32 Å². The summed E-state index contributed by atoms with van der Waals surface area (Å²) in [6.07, 6.45) is 6.76. The molecule has 1 N–H and O–H groups in total. The van der Waals surface area contributed by atoms with Crippen LogP contribution in [0.3, 0.4) is 0 Å². The number of nitrogens with one attached hydrogen (secondary N) is 1. The minimum Gasteiger partial charge on any atom is -0.338 e. The highest BCUT2D eigenvalue weighted by atomic mass is 16.2. The summed E-state index contributed by atoms with van der Waals surface area (Å²) < 4.78 is 0. The van der Waals surface area contributed by atoms with E-state index in [9.17, 15) is 4.79 Å². The smallest absolute Gasteiger partial charge is 0.317 e. The van der Waals surface area contributed by atoms with Crippen molar-refractivity contribution in [2.75, 3.05) is 6.54 Å². The molecular weight excluding hydrogens is 188 g/mol. The second-order valence-corrected chi connectivity index (χ2v) is 4.48. The van der Waals surface area contributed by atoms with E-state index in [1.54, 1.807) is 0 Å². The minimum atomic E-state index is 0.139. The molecule has 2 fully saturated rings. The number of hydrogen-bond donors (Lipinski definition) is 1. The Morgan fingerprint density at radius 3 is 2.53 bits per heavy atom. The Kier molecular flexibility index (Phi) is 2.98. The van der Waals surface area contributed by atoms with Gasteiger partial charge in [0, 0.05) is 18.6 Å². The van der Waals surface area contributed by atoms with Crippen LogP contribution in [0.15, 0.2) is 11.6 Å². The molecule has 84 valence electrons. The molecular formula is C12H20N2O. The molecule has 0 aromatic rings. The fourth-order valence-electron chi connectivity index (χ4n) is 2.86. The first-order valence-corrected chi connectivity index (χ1v) is 5.96. The summed E-state index contributed by atoms with van der Waals surface area (Å²) in [5.41, 5.74) is 1.53. The summed E-state index contributed by atoms with van der Waals surface area (Å²) in [5.74, 6) is 0. The Labute approximate surface area is 91.5 Å². The van der Waals surface area contributed by atoms with E-state index in [1.807, 2.05) is 6.92 Å². The molecule has 3 heteroatoms. The molecule has 2 unspecified atom stereocenters. The number of piperidine rings is 1. The SMILES string of the molecule is CC=C1CC2CCC(C1)N2C(=O)NCC. The van der Waals surface area contributed by atoms with Gasteiger partial charge < -0.3 is 10.2 Å². The number of urea groups is 1. The highest BCUT2D eigenvalue weighted by Crippen LogP contribution is 2.38. The van der Waals surface area contributed by atoms with E-state index in [4.69, 9.17) is 0 Å². The number of allylic oxidation sites excluding steroid dienone is 1. The standard InChI is InChI=1S/C12H20N2O/c1-3-9-7-10-5-6-11(8-9)14(10)12(15)13-4-2/h3,10-11H,4-8H2,1-2H3,(H,13,15). The van der Waals surface area contributed by atoms with Crippen LogP contribution in [0.2, 0.25) is 0 Å². The van der Waals surface area contributed by atoms with Crippen molar-refractivity contribution in [2.45, 2.75) is 51.6 Å². The van der Waals surface area contributed by atoms with Crippen molar-refractivity contribution < 1.29 is 4.79 Å². The number of hydrogen-bond acceptors (Lipinski definition) is 1. The zero-order valence-corrected chi connectivity index (χ0v) is 9.62. The third-order valence-electron chi connectivity index (χ3n) is 3.59. The van der Waals surface area contributed by atoms with E-state index in [1.165, 1.54) is 18.4 Å². The largest absolute Gasteiger partial charge is 0.338 e. The van der Waals surface area contributed by atoms with Gasteiger partial charge in [-0.1, -0.05) is 11.6 Å². The summed E-state index contributed by atoms with van der Waals surface area (Å²) in [6, 6.07) is 1.06. The Balaban J connectivity index is 2.07. The molecule has 0 spiro atoms. The fraction of sp³-hybridized carbons (Fsp3) is 0.750. The van der Waals surface area contributed by atoms with Crippen molar-refractivity contribution in [1.29, 1.82) is 0 Å². The van der Waals surface area contributed by atoms with Crippen LogP contribution in [-0.2, 0) is 0 Å². The third kappa shape index (κ3) is 1.87. The molecule has 0 aliphatic carbocycles. The van der Waals surface area contributed by atoms with Gasteiger partial charge in [-0.15, -0.1) is 0 Å². The summed E-state index contributed by atoms with van der Waals surface area (Å²) in [5, 5.41) is 2.92. The van der Waals surface area contributed by atoms with Crippen LogP contribution in [0, 0.1) is 0 Å². The molecule has 3 nitrogen and oxygen atoms in total. The van der Waals surface area contributed by atoms with E-state index >= 15 is 0 Å². The normalized spacial score (nSPS) is 29.2. The maximum Gasteiger partial charge on any atom is 0.317 e. The van der Waals surface area contributed by atoms with Crippen LogP contribution in [0.25, 0.3) is 0 Å². The van der Waals surface area contributed by atoms with E-state index in [0.717, 1.165) is 19.4 Å². The van der Waals surface area contributed by atoms with Gasteiger partial charge in [0.05, 0.1) is 0 Å². The number of fused-ring (bicyclic) bond motifs is 2. The van der Waals surface area contributed by atoms with Gasteiger partial charge in [0.25, 0.3) is 0 Å². The Hall–Kier alpha value is -0.990. The van der Waals surface area contributed by atoms with Crippen LogP contribution in [0.4, 0.5) is 4.79 Å². The van der Waals surface area contributed by atoms with Gasteiger partial charge in [0.2, 0.25) is 0 Å². The maximum absolute atomic E-state index is 11.8. The third-order valence-corrected chi connectivity index (χ3v) is 3.59. The van der Waals surface area contributed by atoms with Crippen molar-refractivity contribution in [1.82, 2.24) is 10.2 Å². The number of amides is 2. The molecule has 0 saturated carbocycles. The molecule has 2 heterocycles. The molecule has 2 atom stereocenters. The zero-order chi connectivity index (χ0) is 10.8. The molecule has 0 aromatic heterocycles. The lowest BCUT2D eigenvalue weighted by Crippen LogP contribution is -2.49. The Morgan fingerprint density at radius 1 is 1.47 bits per heavy atom. The first kappa shape index (κ1) is 10.5. The van der Waals surface area contributed by atoms with Gasteiger partial charge in [0.15, 0.2) is 0 Å². The van der Waals surface area contributed by atoms with Gasteiger partial charge in [0.1, 0.15) is 0 Å². The first-order valence-electron chi connectivity index (χ1n) is 5.96. The van der Waals surface area contributed by atoms with E-state index < -0.39 is 0 Å². The van der Waals surface area contributed by atoms with Gasteiger partial charge in [-0.3, -0.25) is 0 Å². The predicted molar refractivity (Wildman–Crippen MR) is 60.7 cm³/mol. The molecule has 2 rings (SSSR count). The Bertz CT molecular complexity index is 269. The zero-order valence-electron chi connectivity index (χ0n) is 9.62. The molecule has 2 saturated heterocycles. The lowest BCUT2D eigenvalue weighted by Gasteiger charge is -2.36. The van der Waals surface area contributed by atoms with Crippen molar-refractivity contribution in [3.05, 3.63) is 11.6 Å². The van der Waals surface area contributed by atoms with Gasteiger partial charge in [-0.25, -0.2) is 4.79 Å². The summed E-state index contributed by atoms with van der Waals surface area (Å²) in [6.45, 7) is 4.81. The second kappa shape index (κ2) is 4.25. The number of carbonyl (C=O) groups excluding carboxylic acids is 1. The molecule has 2 amide bonds. The quantitative estimate of drug-likeness (QED) is 0.659. The topological polar surface area (TPSA) is 32.3 Å². The predicted octanol–water partition coefficient (Wildman–Crippen LogP) is 2.29. The molecule has 0 radical (unpaired) electrons. The van der Waals surface area contributed by atoms with E-state index in [0.29, 0.717) is 12.1 Å². The minimum absolute atomic E-state index is 0.139.